The zero-order chi connectivity index (χ0) is 11.1. The summed E-state index contributed by atoms with van der Waals surface area (Å²) in [5.74, 6) is 2.72. The predicted octanol–water partition coefficient (Wildman–Crippen LogP) is 3.10. The van der Waals surface area contributed by atoms with Crippen molar-refractivity contribution in [2.24, 2.45) is 0 Å². The Labute approximate surface area is 109 Å². The Balaban J connectivity index is 2.87. The normalized spacial score (nSPS) is 10.6. The highest BCUT2D eigenvalue weighted by molar-refractivity contribution is 7.80. The average molecular weight is 258 g/mol. The molecule has 0 heterocycles. The molecule has 0 spiro atoms. The molecule has 1 aromatic carbocycles. The van der Waals surface area contributed by atoms with E-state index in [4.69, 9.17) is 0 Å². The summed E-state index contributed by atoms with van der Waals surface area (Å²) in [5, 5.41) is 0. The van der Waals surface area contributed by atoms with E-state index in [1.54, 1.807) is 0 Å². The van der Waals surface area contributed by atoms with Crippen LogP contribution in [0.1, 0.15) is 16.7 Å². The largest absolute Gasteiger partial charge is 0.179 e. The van der Waals surface area contributed by atoms with Gasteiger partial charge in [-0.2, -0.15) is 37.9 Å². The first-order valence-corrected chi connectivity index (χ1v) is 7.14. The second kappa shape index (κ2) is 7.53. The van der Waals surface area contributed by atoms with E-state index in [9.17, 15) is 0 Å². The van der Waals surface area contributed by atoms with Crippen LogP contribution in [0.2, 0.25) is 0 Å². The van der Waals surface area contributed by atoms with Gasteiger partial charge in [-0.3, -0.25) is 0 Å². The van der Waals surface area contributed by atoms with Crippen LogP contribution in [0.3, 0.4) is 0 Å². The molecule has 0 saturated carbocycles. The van der Waals surface area contributed by atoms with Gasteiger partial charge in [0, 0.05) is 0 Å². The molecule has 0 bridgehead atoms. The second-order valence-electron chi connectivity index (χ2n) is 3.52. The van der Waals surface area contributed by atoms with Gasteiger partial charge in [-0.1, -0.05) is 18.2 Å². The van der Waals surface area contributed by atoms with Crippen LogP contribution >= 0.6 is 37.9 Å². The maximum atomic E-state index is 4.30. The number of thiol groups is 3. The quantitative estimate of drug-likeness (QED) is 0.642. The minimum absolute atomic E-state index is 0.907. The number of hydrogen-bond acceptors (Lipinski definition) is 3. The summed E-state index contributed by atoms with van der Waals surface area (Å²) in [6.45, 7) is 0. The number of hydrogen-bond donors (Lipinski definition) is 3. The molecule has 84 valence electrons. The molecule has 0 radical (unpaired) electrons. The predicted molar refractivity (Wildman–Crippen MR) is 79.1 cm³/mol. The van der Waals surface area contributed by atoms with E-state index in [1.807, 2.05) is 0 Å². The van der Waals surface area contributed by atoms with Gasteiger partial charge < -0.3 is 0 Å². The van der Waals surface area contributed by atoms with Gasteiger partial charge in [0.05, 0.1) is 0 Å². The number of rotatable bonds is 6. The van der Waals surface area contributed by atoms with Gasteiger partial charge in [0.2, 0.25) is 0 Å². The maximum absolute atomic E-state index is 4.30. The third kappa shape index (κ3) is 4.33. The lowest BCUT2D eigenvalue weighted by molar-refractivity contribution is 1.03. The molecule has 1 aromatic rings. The van der Waals surface area contributed by atoms with E-state index in [0.29, 0.717) is 0 Å². The number of aryl methyl sites for hydroxylation is 3. The summed E-state index contributed by atoms with van der Waals surface area (Å²) in [4.78, 5) is 0. The lowest BCUT2D eigenvalue weighted by atomic mass is 9.99. The summed E-state index contributed by atoms with van der Waals surface area (Å²) in [7, 11) is 0. The summed E-state index contributed by atoms with van der Waals surface area (Å²) < 4.78 is 0. The van der Waals surface area contributed by atoms with E-state index < -0.39 is 0 Å². The van der Waals surface area contributed by atoms with E-state index in [-0.39, 0.29) is 0 Å². The third-order valence-corrected chi connectivity index (χ3v) is 3.10. The van der Waals surface area contributed by atoms with Gasteiger partial charge in [0.25, 0.3) is 0 Å². The van der Waals surface area contributed by atoms with Crippen LogP contribution in [-0.2, 0) is 19.3 Å². The van der Waals surface area contributed by atoms with Gasteiger partial charge in [-0.15, -0.1) is 0 Å². The van der Waals surface area contributed by atoms with Crippen molar-refractivity contribution in [3.8, 4) is 0 Å². The van der Waals surface area contributed by atoms with E-state index in [2.05, 4.69) is 56.1 Å². The SMILES string of the molecule is SCCc1ccc(CCS)c(CCS)c1. The molecule has 0 unspecified atom stereocenters. The second-order valence-corrected chi connectivity index (χ2v) is 4.87. The first-order valence-electron chi connectivity index (χ1n) is 5.25. The first kappa shape index (κ1) is 13.3. The zero-order valence-electron chi connectivity index (χ0n) is 8.82. The van der Waals surface area contributed by atoms with Crippen LogP contribution in [0, 0.1) is 0 Å². The Bertz CT molecular complexity index is 297. The summed E-state index contributed by atoms with van der Waals surface area (Å²) >= 11 is 12.8. The van der Waals surface area contributed by atoms with Crippen molar-refractivity contribution in [3.63, 3.8) is 0 Å². The van der Waals surface area contributed by atoms with Crippen LogP contribution in [0.4, 0.5) is 0 Å². The molecule has 3 heteroatoms. The highest BCUT2D eigenvalue weighted by Crippen LogP contribution is 2.15. The molecule has 0 nitrogen and oxygen atoms in total. The van der Waals surface area contributed by atoms with Crippen molar-refractivity contribution in [3.05, 3.63) is 34.9 Å². The molecule has 0 fully saturated rings. The molecule has 0 saturated heterocycles. The molecule has 15 heavy (non-hydrogen) atoms. The van der Waals surface area contributed by atoms with Gasteiger partial charge in [-0.05, 0) is 53.2 Å². The fourth-order valence-corrected chi connectivity index (χ4v) is 2.42. The van der Waals surface area contributed by atoms with Crippen molar-refractivity contribution < 1.29 is 0 Å². The molecule has 0 amide bonds. The van der Waals surface area contributed by atoms with Gasteiger partial charge in [0.15, 0.2) is 0 Å². The summed E-state index contributed by atoms with van der Waals surface area (Å²) in [6.07, 6.45) is 3.14. The Morgan fingerprint density at radius 1 is 0.733 bits per heavy atom. The summed E-state index contributed by atoms with van der Waals surface area (Å²) in [6, 6.07) is 6.73. The highest BCUT2D eigenvalue weighted by Gasteiger charge is 2.02. The van der Waals surface area contributed by atoms with Crippen LogP contribution < -0.4 is 0 Å². The molecule has 0 aromatic heterocycles. The van der Waals surface area contributed by atoms with Crippen LogP contribution in [-0.4, -0.2) is 17.3 Å². The molecular weight excluding hydrogens is 240 g/mol. The monoisotopic (exact) mass is 258 g/mol. The van der Waals surface area contributed by atoms with E-state index >= 15 is 0 Å². The third-order valence-electron chi connectivity index (χ3n) is 2.43. The maximum Gasteiger partial charge on any atom is -0.00573 e. The van der Waals surface area contributed by atoms with Gasteiger partial charge in [-0.25, -0.2) is 0 Å². The van der Waals surface area contributed by atoms with Crippen LogP contribution in [0.15, 0.2) is 18.2 Å². The molecular formula is C12H18S3. The zero-order valence-corrected chi connectivity index (χ0v) is 11.5. The topological polar surface area (TPSA) is 0 Å². The Morgan fingerprint density at radius 2 is 1.33 bits per heavy atom. The molecule has 1 rings (SSSR count). The molecule has 0 N–H and O–H groups in total. The number of benzene rings is 1. The molecule has 0 aliphatic carbocycles. The van der Waals surface area contributed by atoms with E-state index in [1.165, 1.54) is 16.7 Å². The van der Waals surface area contributed by atoms with Crippen molar-refractivity contribution >= 4 is 37.9 Å². The van der Waals surface area contributed by atoms with Crippen molar-refractivity contribution in [2.45, 2.75) is 19.3 Å². The van der Waals surface area contributed by atoms with E-state index in [0.717, 1.165) is 36.5 Å². The smallest absolute Gasteiger partial charge is 0.00573 e. The Kier molecular flexibility index (Phi) is 6.69. The Hall–Kier alpha value is 0.270. The minimum Gasteiger partial charge on any atom is -0.179 e. The summed E-state index contributed by atoms with van der Waals surface area (Å²) in [5.41, 5.74) is 4.23. The molecule has 0 atom stereocenters. The van der Waals surface area contributed by atoms with Crippen LogP contribution in [0.25, 0.3) is 0 Å². The van der Waals surface area contributed by atoms with Crippen LogP contribution in [0.5, 0.6) is 0 Å². The lowest BCUT2D eigenvalue weighted by Gasteiger charge is -2.09. The van der Waals surface area contributed by atoms with Gasteiger partial charge in [0.1, 0.15) is 0 Å². The van der Waals surface area contributed by atoms with Crippen molar-refractivity contribution in [1.29, 1.82) is 0 Å². The molecule has 0 aliphatic heterocycles. The minimum atomic E-state index is 0.907. The fourth-order valence-electron chi connectivity index (χ4n) is 1.68. The standard InChI is InChI=1S/C12H18S3/c13-6-3-10-1-2-11(4-7-14)12(9-10)5-8-15/h1-2,9,13-15H,3-8H2. The Morgan fingerprint density at radius 3 is 1.93 bits per heavy atom. The lowest BCUT2D eigenvalue weighted by Crippen LogP contribution is -1.99. The fraction of sp³-hybridized carbons (Fsp3) is 0.500. The first-order chi connectivity index (χ1) is 7.31. The average Bonchev–Trinajstić information content (AvgIpc) is 2.23. The molecule has 0 aliphatic rings. The van der Waals surface area contributed by atoms with Gasteiger partial charge >= 0.3 is 0 Å². The van der Waals surface area contributed by atoms with Crippen molar-refractivity contribution in [2.75, 3.05) is 17.3 Å². The highest BCUT2D eigenvalue weighted by atomic mass is 32.1. The van der Waals surface area contributed by atoms with Crippen molar-refractivity contribution in [1.82, 2.24) is 0 Å².